The van der Waals surface area contributed by atoms with E-state index >= 15 is 0 Å². The summed E-state index contributed by atoms with van der Waals surface area (Å²) < 4.78 is 6.05. The van der Waals surface area contributed by atoms with E-state index in [-0.39, 0.29) is 5.78 Å². The van der Waals surface area contributed by atoms with Gasteiger partial charge in [-0.2, -0.15) is 5.26 Å². The Labute approximate surface area is 96.8 Å². The van der Waals surface area contributed by atoms with Crippen LogP contribution in [-0.2, 0) is 0 Å². The Hall–Kier alpha value is -1.34. The molecule has 0 amide bonds. The van der Waals surface area contributed by atoms with Crippen LogP contribution >= 0.6 is 15.9 Å². The van der Waals surface area contributed by atoms with Crippen molar-refractivity contribution in [1.29, 1.82) is 5.26 Å². The van der Waals surface area contributed by atoms with Crippen LogP contribution < -0.4 is 4.74 Å². The Morgan fingerprint density at radius 1 is 1.60 bits per heavy atom. The monoisotopic (exact) mass is 267 g/mol. The molecule has 0 aliphatic rings. The zero-order valence-electron chi connectivity index (χ0n) is 8.50. The third-order valence-electron chi connectivity index (χ3n) is 1.84. The lowest BCUT2D eigenvalue weighted by molar-refractivity contribution is 0.101. The number of carbonyl (C=O) groups is 1. The third kappa shape index (κ3) is 2.57. The number of hydrogen-bond donors (Lipinski definition) is 0. The Balaban J connectivity index is 3.41. The molecule has 15 heavy (non-hydrogen) atoms. The van der Waals surface area contributed by atoms with E-state index in [1.807, 2.05) is 13.0 Å². The third-order valence-corrected chi connectivity index (χ3v) is 2.30. The molecule has 1 rings (SSSR count). The van der Waals surface area contributed by atoms with Crippen molar-refractivity contribution in [3.63, 3.8) is 0 Å². The van der Waals surface area contributed by atoms with E-state index in [1.165, 1.54) is 6.92 Å². The number of hydrogen-bond acceptors (Lipinski definition) is 3. The number of carbonyl (C=O) groups excluding carboxylic acids is 1. The first kappa shape index (κ1) is 11.7. The number of ether oxygens (including phenoxy) is 1. The second-order valence-electron chi connectivity index (χ2n) is 2.93. The SMILES string of the molecule is CCOc1cc(Br)cc(C#N)c1C(C)=O. The van der Waals surface area contributed by atoms with Gasteiger partial charge in [-0.25, -0.2) is 0 Å². The fourth-order valence-electron chi connectivity index (χ4n) is 1.30. The fraction of sp³-hybridized carbons (Fsp3) is 0.273. The predicted octanol–water partition coefficient (Wildman–Crippen LogP) is 2.92. The summed E-state index contributed by atoms with van der Waals surface area (Å²) in [5.74, 6) is 0.290. The first-order valence-electron chi connectivity index (χ1n) is 4.47. The fourth-order valence-corrected chi connectivity index (χ4v) is 1.74. The van der Waals surface area contributed by atoms with Gasteiger partial charge >= 0.3 is 0 Å². The molecular formula is C11H10BrNO2. The Kier molecular flexibility index (Phi) is 3.87. The highest BCUT2D eigenvalue weighted by atomic mass is 79.9. The molecule has 0 unspecified atom stereocenters. The van der Waals surface area contributed by atoms with Crippen LogP contribution in [0, 0.1) is 11.3 Å². The Bertz CT molecular complexity index is 435. The van der Waals surface area contributed by atoms with Crippen molar-refractivity contribution in [2.75, 3.05) is 6.61 Å². The molecule has 0 saturated heterocycles. The molecule has 0 aromatic heterocycles. The minimum atomic E-state index is -0.164. The lowest BCUT2D eigenvalue weighted by atomic mass is 10.0. The first-order chi connectivity index (χ1) is 7.10. The zero-order valence-corrected chi connectivity index (χ0v) is 10.1. The molecule has 0 radical (unpaired) electrons. The van der Waals surface area contributed by atoms with Gasteiger partial charge < -0.3 is 4.74 Å². The minimum Gasteiger partial charge on any atom is -0.493 e. The van der Waals surface area contributed by atoms with Gasteiger partial charge in [0.25, 0.3) is 0 Å². The smallest absolute Gasteiger partial charge is 0.164 e. The molecule has 0 fully saturated rings. The molecule has 4 heteroatoms. The van der Waals surface area contributed by atoms with Gasteiger partial charge in [-0.05, 0) is 26.0 Å². The number of halogens is 1. The summed E-state index contributed by atoms with van der Waals surface area (Å²) in [5, 5.41) is 8.91. The average Bonchev–Trinajstić information content (AvgIpc) is 2.16. The van der Waals surface area contributed by atoms with Crippen LogP contribution in [0.4, 0.5) is 0 Å². The highest BCUT2D eigenvalue weighted by molar-refractivity contribution is 9.10. The molecule has 0 heterocycles. The van der Waals surface area contributed by atoms with E-state index in [9.17, 15) is 4.79 Å². The summed E-state index contributed by atoms with van der Waals surface area (Å²) in [5.41, 5.74) is 0.683. The number of ketones is 1. The molecular weight excluding hydrogens is 258 g/mol. The first-order valence-corrected chi connectivity index (χ1v) is 5.26. The second-order valence-corrected chi connectivity index (χ2v) is 3.84. The van der Waals surface area contributed by atoms with Crippen LogP contribution in [0.3, 0.4) is 0 Å². The quantitative estimate of drug-likeness (QED) is 0.792. The van der Waals surface area contributed by atoms with Crippen molar-refractivity contribution < 1.29 is 9.53 Å². The van der Waals surface area contributed by atoms with E-state index in [0.717, 1.165) is 4.47 Å². The molecule has 0 saturated carbocycles. The van der Waals surface area contributed by atoms with Crippen LogP contribution in [0.2, 0.25) is 0 Å². The Morgan fingerprint density at radius 3 is 2.73 bits per heavy atom. The van der Waals surface area contributed by atoms with Crippen LogP contribution in [-0.4, -0.2) is 12.4 Å². The van der Waals surface area contributed by atoms with Gasteiger partial charge in [-0.3, -0.25) is 4.79 Å². The van der Waals surface area contributed by atoms with Gasteiger partial charge in [0.2, 0.25) is 0 Å². The van der Waals surface area contributed by atoms with E-state index in [2.05, 4.69) is 15.9 Å². The highest BCUT2D eigenvalue weighted by Gasteiger charge is 2.15. The zero-order chi connectivity index (χ0) is 11.4. The van der Waals surface area contributed by atoms with Crippen molar-refractivity contribution in [3.8, 4) is 11.8 Å². The van der Waals surface area contributed by atoms with Crippen molar-refractivity contribution in [3.05, 3.63) is 27.7 Å². The summed E-state index contributed by atoms with van der Waals surface area (Å²) in [6.07, 6.45) is 0. The molecule has 78 valence electrons. The summed E-state index contributed by atoms with van der Waals surface area (Å²) in [4.78, 5) is 11.4. The van der Waals surface area contributed by atoms with E-state index in [0.29, 0.717) is 23.5 Å². The van der Waals surface area contributed by atoms with Crippen LogP contribution in [0.15, 0.2) is 16.6 Å². The van der Waals surface area contributed by atoms with E-state index in [1.54, 1.807) is 12.1 Å². The minimum absolute atomic E-state index is 0.164. The molecule has 0 bridgehead atoms. The topological polar surface area (TPSA) is 50.1 Å². The van der Waals surface area contributed by atoms with Gasteiger partial charge in [0.1, 0.15) is 11.8 Å². The molecule has 1 aromatic rings. The van der Waals surface area contributed by atoms with Crippen LogP contribution in [0.1, 0.15) is 29.8 Å². The molecule has 0 aliphatic heterocycles. The van der Waals surface area contributed by atoms with Crippen molar-refractivity contribution in [1.82, 2.24) is 0 Å². The lowest BCUT2D eigenvalue weighted by Gasteiger charge is -2.09. The van der Waals surface area contributed by atoms with Gasteiger partial charge in [-0.1, -0.05) is 15.9 Å². The highest BCUT2D eigenvalue weighted by Crippen LogP contribution is 2.27. The van der Waals surface area contributed by atoms with Crippen molar-refractivity contribution in [2.24, 2.45) is 0 Å². The van der Waals surface area contributed by atoms with E-state index in [4.69, 9.17) is 10.00 Å². The summed E-state index contributed by atoms with van der Waals surface area (Å²) in [7, 11) is 0. The Morgan fingerprint density at radius 2 is 2.27 bits per heavy atom. The maximum atomic E-state index is 11.4. The maximum absolute atomic E-state index is 11.4. The maximum Gasteiger partial charge on any atom is 0.164 e. The van der Waals surface area contributed by atoms with Gasteiger partial charge in [0.05, 0.1) is 17.7 Å². The summed E-state index contributed by atoms with van der Waals surface area (Å²) in [6.45, 7) is 3.71. The molecule has 3 nitrogen and oxygen atoms in total. The van der Waals surface area contributed by atoms with E-state index < -0.39 is 0 Å². The number of benzene rings is 1. The van der Waals surface area contributed by atoms with Crippen LogP contribution in [0.5, 0.6) is 5.75 Å². The normalized spacial score (nSPS) is 9.47. The van der Waals surface area contributed by atoms with Crippen LogP contribution in [0.25, 0.3) is 0 Å². The predicted molar refractivity (Wildman–Crippen MR) is 60.0 cm³/mol. The standard InChI is InChI=1S/C11H10BrNO2/c1-3-15-10-5-9(12)4-8(6-13)11(10)7(2)14/h4-5H,3H2,1-2H3. The number of nitrogens with zero attached hydrogens (tertiary/aromatic N) is 1. The second kappa shape index (κ2) is 4.94. The molecule has 0 spiro atoms. The molecule has 0 aliphatic carbocycles. The van der Waals surface area contributed by atoms with Gasteiger partial charge in [-0.15, -0.1) is 0 Å². The lowest BCUT2D eigenvalue weighted by Crippen LogP contribution is -2.03. The largest absolute Gasteiger partial charge is 0.493 e. The molecule has 1 aromatic carbocycles. The average molecular weight is 268 g/mol. The van der Waals surface area contributed by atoms with Gasteiger partial charge in [0, 0.05) is 4.47 Å². The molecule has 0 atom stereocenters. The van der Waals surface area contributed by atoms with Crippen molar-refractivity contribution in [2.45, 2.75) is 13.8 Å². The number of rotatable bonds is 3. The number of Topliss-reactive ketones (excluding diaryl/α,β-unsaturated/α-hetero) is 1. The van der Waals surface area contributed by atoms with Gasteiger partial charge in [0.15, 0.2) is 5.78 Å². The van der Waals surface area contributed by atoms with Crippen molar-refractivity contribution >= 4 is 21.7 Å². The molecule has 0 N–H and O–H groups in total. The summed E-state index contributed by atoms with van der Waals surface area (Å²) in [6, 6.07) is 5.29. The summed E-state index contributed by atoms with van der Waals surface area (Å²) >= 11 is 3.26. The number of nitriles is 1.